The predicted octanol–water partition coefficient (Wildman–Crippen LogP) is -0.523. The zero-order valence-corrected chi connectivity index (χ0v) is 11.2. The Bertz CT molecular complexity index is 498. The highest BCUT2D eigenvalue weighted by Crippen LogP contribution is 2.14. The summed E-state index contributed by atoms with van der Waals surface area (Å²) in [6.45, 7) is 4.29. The SMILES string of the molecule is Cc1nn(CC(=O)NC2CCC(=O)NC2)c(C)c1N. The molecule has 0 aliphatic carbocycles. The van der Waals surface area contributed by atoms with Crippen LogP contribution in [0.4, 0.5) is 5.69 Å². The lowest BCUT2D eigenvalue weighted by Gasteiger charge is -2.23. The first-order valence-corrected chi connectivity index (χ1v) is 6.33. The smallest absolute Gasteiger partial charge is 0.242 e. The second kappa shape index (κ2) is 5.29. The van der Waals surface area contributed by atoms with Crippen LogP contribution in [-0.2, 0) is 16.1 Å². The predicted molar refractivity (Wildman–Crippen MR) is 70.3 cm³/mol. The van der Waals surface area contributed by atoms with Crippen molar-refractivity contribution in [2.24, 2.45) is 0 Å². The van der Waals surface area contributed by atoms with Crippen molar-refractivity contribution in [3.8, 4) is 0 Å². The van der Waals surface area contributed by atoms with Gasteiger partial charge in [-0.3, -0.25) is 14.3 Å². The Balaban J connectivity index is 1.90. The van der Waals surface area contributed by atoms with Crippen molar-refractivity contribution < 1.29 is 9.59 Å². The Labute approximate surface area is 111 Å². The van der Waals surface area contributed by atoms with Gasteiger partial charge in [0.15, 0.2) is 0 Å². The van der Waals surface area contributed by atoms with Gasteiger partial charge in [0.2, 0.25) is 11.8 Å². The second-order valence-corrected chi connectivity index (χ2v) is 4.85. The number of amides is 2. The maximum Gasteiger partial charge on any atom is 0.242 e. The van der Waals surface area contributed by atoms with Gasteiger partial charge in [-0.25, -0.2) is 0 Å². The molecule has 7 heteroatoms. The number of hydrogen-bond acceptors (Lipinski definition) is 4. The van der Waals surface area contributed by atoms with Gasteiger partial charge in [-0.1, -0.05) is 0 Å². The van der Waals surface area contributed by atoms with Crippen molar-refractivity contribution in [2.45, 2.75) is 39.3 Å². The van der Waals surface area contributed by atoms with Gasteiger partial charge in [0, 0.05) is 19.0 Å². The highest BCUT2D eigenvalue weighted by molar-refractivity contribution is 5.79. The van der Waals surface area contributed by atoms with Crippen LogP contribution in [0.15, 0.2) is 0 Å². The minimum atomic E-state index is -0.119. The fraction of sp³-hybridized carbons (Fsp3) is 0.583. The van der Waals surface area contributed by atoms with E-state index in [1.807, 2.05) is 13.8 Å². The molecule has 104 valence electrons. The Morgan fingerprint density at radius 1 is 1.58 bits per heavy atom. The molecule has 1 aliphatic heterocycles. The van der Waals surface area contributed by atoms with Crippen LogP contribution in [0, 0.1) is 13.8 Å². The molecule has 0 spiro atoms. The third-order valence-corrected chi connectivity index (χ3v) is 3.36. The van der Waals surface area contributed by atoms with E-state index in [-0.39, 0.29) is 24.4 Å². The molecule has 1 atom stereocenters. The number of aryl methyl sites for hydroxylation is 1. The van der Waals surface area contributed by atoms with E-state index in [9.17, 15) is 9.59 Å². The largest absolute Gasteiger partial charge is 0.396 e. The van der Waals surface area contributed by atoms with Gasteiger partial charge in [-0.15, -0.1) is 0 Å². The van der Waals surface area contributed by atoms with Gasteiger partial charge < -0.3 is 16.4 Å². The molecule has 4 N–H and O–H groups in total. The summed E-state index contributed by atoms with van der Waals surface area (Å²) in [5, 5.41) is 9.83. The molecule has 0 bridgehead atoms. The highest BCUT2D eigenvalue weighted by Gasteiger charge is 2.20. The number of hydrogen-bond donors (Lipinski definition) is 3. The topological polar surface area (TPSA) is 102 Å². The van der Waals surface area contributed by atoms with Crippen LogP contribution < -0.4 is 16.4 Å². The van der Waals surface area contributed by atoms with Crippen LogP contribution in [0.1, 0.15) is 24.2 Å². The number of nitrogen functional groups attached to an aromatic ring is 1. The van der Waals surface area contributed by atoms with E-state index in [0.717, 1.165) is 11.4 Å². The van der Waals surface area contributed by atoms with Crippen molar-refractivity contribution in [3.63, 3.8) is 0 Å². The van der Waals surface area contributed by atoms with Crippen LogP contribution in [-0.4, -0.2) is 34.2 Å². The van der Waals surface area contributed by atoms with E-state index >= 15 is 0 Å². The van der Waals surface area contributed by atoms with Crippen molar-refractivity contribution in [3.05, 3.63) is 11.4 Å². The monoisotopic (exact) mass is 265 g/mol. The lowest BCUT2D eigenvalue weighted by Crippen LogP contribution is -2.48. The molecule has 2 amide bonds. The molecule has 1 unspecified atom stereocenters. The quantitative estimate of drug-likeness (QED) is 0.684. The van der Waals surface area contributed by atoms with E-state index < -0.39 is 0 Å². The lowest BCUT2D eigenvalue weighted by molar-refractivity contribution is -0.126. The second-order valence-electron chi connectivity index (χ2n) is 4.85. The number of nitrogens with zero attached hydrogens (tertiary/aromatic N) is 2. The molecule has 2 heterocycles. The summed E-state index contributed by atoms with van der Waals surface area (Å²) in [6, 6.07) is -0.000452. The highest BCUT2D eigenvalue weighted by atomic mass is 16.2. The molecular weight excluding hydrogens is 246 g/mol. The summed E-state index contributed by atoms with van der Waals surface area (Å²) in [5.74, 6) is -0.0800. The minimum Gasteiger partial charge on any atom is -0.396 e. The molecule has 2 rings (SSSR count). The molecule has 0 aromatic carbocycles. The van der Waals surface area contributed by atoms with Crippen LogP contribution >= 0.6 is 0 Å². The Morgan fingerprint density at radius 3 is 2.84 bits per heavy atom. The molecule has 0 radical (unpaired) electrons. The molecular formula is C12H19N5O2. The average molecular weight is 265 g/mol. The number of nitrogens with one attached hydrogen (secondary N) is 2. The van der Waals surface area contributed by atoms with Crippen LogP contribution in [0.5, 0.6) is 0 Å². The summed E-state index contributed by atoms with van der Waals surface area (Å²) in [5.41, 5.74) is 7.97. The number of piperidine rings is 1. The van der Waals surface area contributed by atoms with E-state index in [0.29, 0.717) is 25.1 Å². The number of aromatic nitrogens is 2. The van der Waals surface area contributed by atoms with E-state index in [1.54, 1.807) is 4.68 Å². The first-order chi connectivity index (χ1) is 8.97. The van der Waals surface area contributed by atoms with Gasteiger partial charge in [-0.05, 0) is 20.3 Å². The normalized spacial score (nSPS) is 19.1. The number of rotatable bonds is 3. The summed E-state index contributed by atoms with van der Waals surface area (Å²) < 4.78 is 1.60. The number of nitrogens with two attached hydrogens (primary N) is 1. The van der Waals surface area contributed by atoms with Crippen molar-refractivity contribution >= 4 is 17.5 Å². The first-order valence-electron chi connectivity index (χ1n) is 6.33. The number of anilines is 1. The van der Waals surface area contributed by atoms with E-state index in [4.69, 9.17) is 5.73 Å². The molecule has 7 nitrogen and oxygen atoms in total. The zero-order chi connectivity index (χ0) is 14.0. The number of carbonyl (C=O) groups is 2. The molecule has 0 saturated carbocycles. The van der Waals surface area contributed by atoms with Gasteiger partial charge in [0.25, 0.3) is 0 Å². The van der Waals surface area contributed by atoms with Crippen LogP contribution in [0.3, 0.4) is 0 Å². The average Bonchev–Trinajstić information content (AvgIpc) is 2.60. The zero-order valence-electron chi connectivity index (χ0n) is 11.2. The maximum atomic E-state index is 11.9. The van der Waals surface area contributed by atoms with Gasteiger partial charge >= 0.3 is 0 Å². The number of carbonyl (C=O) groups excluding carboxylic acids is 2. The van der Waals surface area contributed by atoms with Gasteiger partial charge in [0.05, 0.1) is 17.1 Å². The first kappa shape index (κ1) is 13.4. The molecule has 1 aliphatic rings. The fourth-order valence-corrected chi connectivity index (χ4v) is 2.13. The molecule has 19 heavy (non-hydrogen) atoms. The molecule has 1 aromatic rings. The molecule has 1 aromatic heterocycles. The third kappa shape index (κ3) is 3.04. The lowest BCUT2D eigenvalue weighted by atomic mass is 10.1. The Hall–Kier alpha value is -2.05. The van der Waals surface area contributed by atoms with E-state index in [2.05, 4.69) is 15.7 Å². The van der Waals surface area contributed by atoms with Crippen LogP contribution in [0.25, 0.3) is 0 Å². The summed E-state index contributed by atoms with van der Waals surface area (Å²) in [4.78, 5) is 22.9. The summed E-state index contributed by atoms with van der Waals surface area (Å²) >= 11 is 0. The van der Waals surface area contributed by atoms with Crippen molar-refractivity contribution in [1.29, 1.82) is 0 Å². The maximum absolute atomic E-state index is 11.9. The summed E-state index contributed by atoms with van der Waals surface area (Å²) in [7, 11) is 0. The third-order valence-electron chi connectivity index (χ3n) is 3.36. The fourth-order valence-electron chi connectivity index (χ4n) is 2.13. The molecule has 1 saturated heterocycles. The Morgan fingerprint density at radius 2 is 2.32 bits per heavy atom. The van der Waals surface area contributed by atoms with Gasteiger partial charge in [-0.2, -0.15) is 5.10 Å². The Kier molecular flexibility index (Phi) is 3.73. The van der Waals surface area contributed by atoms with Crippen molar-refractivity contribution in [1.82, 2.24) is 20.4 Å². The molecule has 1 fully saturated rings. The van der Waals surface area contributed by atoms with Gasteiger partial charge in [0.1, 0.15) is 6.54 Å². The van der Waals surface area contributed by atoms with Crippen molar-refractivity contribution in [2.75, 3.05) is 12.3 Å². The standard InChI is InChI=1S/C12H19N5O2/c1-7-12(13)8(2)17(16-7)6-11(19)15-9-3-4-10(18)14-5-9/h9H,3-6,13H2,1-2H3,(H,14,18)(H,15,19). The van der Waals surface area contributed by atoms with E-state index in [1.165, 1.54) is 0 Å². The summed E-state index contributed by atoms with van der Waals surface area (Å²) in [6.07, 6.45) is 1.13. The van der Waals surface area contributed by atoms with Crippen LogP contribution in [0.2, 0.25) is 0 Å². The minimum absolute atomic E-state index is 0.000452.